The SMILES string of the molecule is CC(C)(C)c1cccc2cc(C#N)oc12. The molecule has 0 N–H and O–H groups in total. The van der Waals surface area contributed by atoms with Crippen LogP contribution in [-0.2, 0) is 5.41 Å². The fourth-order valence-corrected chi connectivity index (χ4v) is 1.71. The van der Waals surface area contributed by atoms with E-state index in [2.05, 4.69) is 20.8 Å². The Labute approximate surface area is 89.1 Å². The van der Waals surface area contributed by atoms with Crippen LogP contribution in [0.5, 0.6) is 0 Å². The quantitative estimate of drug-likeness (QED) is 0.650. The maximum Gasteiger partial charge on any atom is 0.204 e. The van der Waals surface area contributed by atoms with Gasteiger partial charge in [-0.3, -0.25) is 0 Å². The van der Waals surface area contributed by atoms with E-state index in [-0.39, 0.29) is 5.41 Å². The molecule has 1 aromatic heterocycles. The number of furan rings is 1. The lowest BCUT2D eigenvalue weighted by atomic mass is 9.86. The van der Waals surface area contributed by atoms with Crippen LogP contribution >= 0.6 is 0 Å². The summed E-state index contributed by atoms with van der Waals surface area (Å²) in [5.41, 5.74) is 2.01. The van der Waals surface area contributed by atoms with E-state index >= 15 is 0 Å². The molecule has 0 aliphatic carbocycles. The van der Waals surface area contributed by atoms with Gasteiger partial charge in [-0.05, 0) is 5.41 Å². The van der Waals surface area contributed by atoms with E-state index in [1.54, 1.807) is 6.07 Å². The smallest absolute Gasteiger partial charge is 0.204 e. The minimum absolute atomic E-state index is 0.0318. The van der Waals surface area contributed by atoms with Crippen molar-refractivity contribution in [3.05, 3.63) is 35.6 Å². The van der Waals surface area contributed by atoms with Crippen molar-refractivity contribution in [2.24, 2.45) is 0 Å². The topological polar surface area (TPSA) is 36.9 Å². The highest BCUT2D eigenvalue weighted by Gasteiger charge is 2.19. The van der Waals surface area contributed by atoms with Crippen LogP contribution in [0, 0.1) is 11.3 Å². The molecule has 1 aromatic carbocycles. The Morgan fingerprint density at radius 2 is 2.00 bits per heavy atom. The highest BCUT2D eigenvalue weighted by molar-refractivity contribution is 5.82. The maximum absolute atomic E-state index is 8.79. The third-order valence-corrected chi connectivity index (χ3v) is 2.46. The summed E-state index contributed by atoms with van der Waals surface area (Å²) in [4.78, 5) is 0. The molecule has 2 rings (SSSR count). The molecule has 2 heteroatoms. The zero-order valence-electron chi connectivity index (χ0n) is 9.16. The highest BCUT2D eigenvalue weighted by atomic mass is 16.3. The van der Waals surface area contributed by atoms with Crippen molar-refractivity contribution in [1.29, 1.82) is 5.26 Å². The van der Waals surface area contributed by atoms with Crippen molar-refractivity contribution >= 4 is 11.0 Å². The van der Waals surface area contributed by atoms with Crippen LogP contribution in [0.15, 0.2) is 28.7 Å². The molecule has 15 heavy (non-hydrogen) atoms. The molecule has 0 amide bonds. The summed E-state index contributed by atoms with van der Waals surface area (Å²) in [7, 11) is 0. The number of hydrogen-bond acceptors (Lipinski definition) is 2. The number of hydrogen-bond donors (Lipinski definition) is 0. The van der Waals surface area contributed by atoms with Gasteiger partial charge < -0.3 is 4.42 Å². The highest BCUT2D eigenvalue weighted by Crippen LogP contribution is 2.31. The van der Waals surface area contributed by atoms with Crippen LogP contribution in [0.2, 0.25) is 0 Å². The number of fused-ring (bicyclic) bond motifs is 1. The molecule has 0 saturated heterocycles. The molecule has 0 bridgehead atoms. The van der Waals surface area contributed by atoms with Gasteiger partial charge in [0.25, 0.3) is 0 Å². The second-order valence-electron chi connectivity index (χ2n) is 4.70. The summed E-state index contributed by atoms with van der Waals surface area (Å²) < 4.78 is 5.51. The zero-order chi connectivity index (χ0) is 11.1. The lowest BCUT2D eigenvalue weighted by Gasteiger charge is -2.18. The number of rotatable bonds is 0. The number of nitrogens with zero attached hydrogens (tertiary/aromatic N) is 1. The summed E-state index contributed by atoms with van der Waals surface area (Å²) in [5.74, 6) is 0.377. The van der Waals surface area contributed by atoms with Gasteiger partial charge in [0.15, 0.2) is 0 Å². The van der Waals surface area contributed by atoms with Gasteiger partial charge in [-0.25, -0.2) is 0 Å². The van der Waals surface area contributed by atoms with E-state index < -0.39 is 0 Å². The van der Waals surface area contributed by atoms with Crippen molar-refractivity contribution in [3.63, 3.8) is 0 Å². The van der Waals surface area contributed by atoms with E-state index in [1.165, 1.54) is 0 Å². The first kappa shape index (κ1) is 9.79. The molecule has 1 heterocycles. The first-order chi connectivity index (χ1) is 7.02. The van der Waals surface area contributed by atoms with Gasteiger partial charge in [0.05, 0.1) is 0 Å². The largest absolute Gasteiger partial charge is 0.445 e. The van der Waals surface area contributed by atoms with Gasteiger partial charge in [-0.2, -0.15) is 5.26 Å². The van der Waals surface area contributed by atoms with E-state index in [1.807, 2.05) is 24.3 Å². The molecule has 0 unspecified atom stereocenters. The van der Waals surface area contributed by atoms with E-state index in [4.69, 9.17) is 9.68 Å². The summed E-state index contributed by atoms with van der Waals surface area (Å²) in [5, 5.41) is 9.79. The summed E-state index contributed by atoms with van der Waals surface area (Å²) in [6.07, 6.45) is 0. The van der Waals surface area contributed by atoms with Crippen molar-refractivity contribution < 1.29 is 4.42 Å². The summed E-state index contributed by atoms with van der Waals surface area (Å²) in [6.45, 7) is 6.41. The zero-order valence-corrected chi connectivity index (χ0v) is 9.16. The Balaban J connectivity index is 2.77. The van der Waals surface area contributed by atoms with E-state index in [0.29, 0.717) is 5.76 Å². The van der Waals surface area contributed by atoms with Crippen molar-refractivity contribution in [2.45, 2.75) is 26.2 Å². The fourth-order valence-electron chi connectivity index (χ4n) is 1.71. The van der Waals surface area contributed by atoms with Crippen molar-refractivity contribution in [1.82, 2.24) is 0 Å². The van der Waals surface area contributed by atoms with Gasteiger partial charge in [0.2, 0.25) is 5.76 Å². The third kappa shape index (κ3) is 1.61. The van der Waals surface area contributed by atoms with Gasteiger partial charge in [-0.1, -0.05) is 39.0 Å². The predicted molar refractivity (Wildman–Crippen MR) is 59.6 cm³/mol. The number of benzene rings is 1. The summed E-state index contributed by atoms with van der Waals surface area (Å²) >= 11 is 0. The Morgan fingerprint density at radius 3 is 2.60 bits per heavy atom. The van der Waals surface area contributed by atoms with E-state index in [9.17, 15) is 0 Å². The molecule has 0 radical (unpaired) electrons. The van der Waals surface area contributed by atoms with Crippen LogP contribution in [0.1, 0.15) is 32.1 Å². The fraction of sp³-hybridized carbons (Fsp3) is 0.308. The molecule has 2 nitrogen and oxygen atoms in total. The van der Waals surface area contributed by atoms with Crippen LogP contribution in [-0.4, -0.2) is 0 Å². The van der Waals surface area contributed by atoms with Crippen molar-refractivity contribution in [2.75, 3.05) is 0 Å². The second kappa shape index (κ2) is 3.13. The maximum atomic E-state index is 8.79. The Hall–Kier alpha value is -1.75. The monoisotopic (exact) mass is 199 g/mol. The van der Waals surface area contributed by atoms with Gasteiger partial charge in [-0.15, -0.1) is 0 Å². The molecule has 76 valence electrons. The molecule has 2 aromatic rings. The van der Waals surface area contributed by atoms with Crippen molar-refractivity contribution in [3.8, 4) is 6.07 Å². The molecule has 0 aliphatic heterocycles. The lowest BCUT2D eigenvalue weighted by molar-refractivity contribution is 0.552. The first-order valence-electron chi connectivity index (χ1n) is 4.95. The molecule has 0 aliphatic rings. The van der Waals surface area contributed by atoms with Gasteiger partial charge in [0, 0.05) is 17.0 Å². The van der Waals surface area contributed by atoms with Crippen LogP contribution in [0.25, 0.3) is 11.0 Å². The average molecular weight is 199 g/mol. The molecular weight excluding hydrogens is 186 g/mol. The minimum atomic E-state index is 0.0318. The first-order valence-corrected chi connectivity index (χ1v) is 4.95. The Morgan fingerprint density at radius 1 is 1.27 bits per heavy atom. The summed E-state index contributed by atoms with van der Waals surface area (Å²) in [6, 6.07) is 9.83. The standard InChI is InChI=1S/C13H13NO/c1-13(2,3)11-6-4-5-9-7-10(8-14)15-12(9)11/h4-7H,1-3H3. The number of nitriles is 1. The van der Waals surface area contributed by atoms with Crippen LogP contribution < -0.4 is 0 Å². The molecule has 0 fully saturated rings. The molecule has 0 atom stereocenters. The molecule has 0 spiro atoms. The molecular formula is C13H13NO. The van der Waals surface area contributed by atoms with Gasteiger partial charge >= 0.3 is 0 Å². The number of para-hydroxylation sites is 1. The predicted octanol–water partition coefficient (Wildman–Crippen LogP) is 3.60. The van der Waals surface area contributed by atoms with Crippen LogP contribution in [0.4, 0.5) is 0 Å². The van der Waals surface area contributed by atoms with Gasteiger partial charge in [0.1, 0.15) is 11.7 Å². The second-order valence-corrected chi connectivity index (χ2v) is 4.70. The lowest BCUT2D eigenvalue weighted by Crippen LogP contribution is -2.10. The normalized spacial score (nSPS) is 11.6. The third-order valence-electron chi connectivity index (χ3n) is 2.46. The Bertz CT molecular complexity index is 538. The molecule has 0 saturated carbocycles. The minimum Gasteiger partial charge on any atom is -0.445 e. The van der Waals surface area contributed by atoms with E-state index in [0.717, 1.165) is 16.5 Å². The Kier molecular flexibility index (Phi) is 2.04. The van der Waals surface area contributed by atoms with Crippen LogP contribution in [0.3, 0.4) is 0 Å². The average Bonchev–Trinajstić information content (AvgIpc) is 2.57.